The Balaban J connectivity index is 2.91. The summed E-state index contributed by atoms with van der Waals surface area (Å²) in [6, 6.07) is 3.51. The van der Waals surface area contributed by atoms with Crippen molar-refractivity contribution in [2.45, 2.75) is 13.8 Å². The number of fused-ring (bicyclic) bond motifs is 1. The standard InChI is InChI=1S/C11H9Cl2NO/c1-5-9(6(2)15)7-3-4-8(12)10(13)11(7)14-5/h3-4,14H,1-2H3. The van der Waals surface area contributed by atoms with Gasteiger partial charge in [0.1, 0.15) is 0 Å². The molecule has 0 atom stereocenters. The van der Waals surface area contributed by atoms with Crippen molar-refractivity contribution in [3.8, 4) is 0 Å². The number of hydrogen-bond donors (Lipinski definition) is 1. The molecule has 1 aromatic heterocycles. The summed E-state index contributed by atoms with van der Waals surface area (Å²) in [6.45, 7) is 3.39. The molecule has 2 rings (SSSR count). The molecular weight excluding hydrogens is 233 g/mol. The van der Waals surface area contributed by atoms with E-state index in [1.807, 2.05) is 13.0 Å². The fourth-order valence-electron chi connectivity index (χ4n) is 1.79. The zero-order valence-electron chi connectivity index (χ0n) is 8.32. The number of halogens is 2. The third-order valence-electron chi connectivity index (χ3n) is 2.40. The molecule has 2 nitrogen and oxygen atoms in total. The van der Waals surface area contributed by atoms with Crippen molar-refractivity contribution in [1.82, 2.24) is 4.98 Å². The second kappa shape index (κ2) is 3.54. The van der Waals surface area contributed by atoms with Crippen LogP contribution in [0.5, 0.6) is 0 Å². The number of benzene rings is 1. The van der Waals surface area contributed by atoms with E-state index >= 15 is 0 Å². The molecule has 0 radical (unpaired) electrons. The molecule has 0 spiro atoms. The number of aromatic nitrogens is 1. The molecule has 0 fully saturated rings. The van der Waals surface area contributed by atoms with E-state index in [0.29, 0.717) is 15.6 Å². The minimum absolute atomic E-state index is 0.0251. The summed E-state index contributed by atoms with van der Waals surface area (Å²) in [4.78, 5) is 14.5. The Hall–Kier alpha value is -0.990. The molecule has 0 amide bonds. The Labute approximate surface area is 97.2 Å². The Kier molecular flexibility index (Phi) is 2.49. The summed E-state index contributed by atoms with van der Waals surface area (Å²) in [5.41, 5.74) is 2.23. The van der Waals surface area contributed by atoms with E-state index in [1.54, 1.807) is 6.07 Å². The number of carbonyl (C=O) groups excluding carboxylic acids is 1. The summed E-state index contributed by atoms with van der Waals surface area (Å²) in [6.07, 6.45) is 0. The van der Waals surface area contributed by atoms with Gasteiger partial charge in [0, 0.05) is 16.6 Å². The predicted octanol–water partition coefficient (Wildman–Crippen LogP) is 3.99. The number of H-pyrrole nitrogens is 1. The summed E-state index contributed by atoms with van der Waals surface area (Å²) in [7, 11) is 0. The second-order valence-electron chi connectivity index (χ2n) is 3.47. The van der Waals surface area contributed by atoms with Crippen LogP contribution in [0.2, 0.25) is 10.0 Å². The molecule has 78 valence electrons. The van der Waals surface area contributed by atoms with Crippen LogP contribution in [-0.4, -0.2) is 10.8 Å². The molecule has 0 unspecified atom stereocenters. The summed E-state index contributed by atoms with van der Waals surface area (Å²) in [5.74, 6) is 0.0251. The topological polar surface area (TPSA) is 32.9 Å². The lowest BCUT2D eigenvalue weighted by Crippen LogP contribution is -1.92. The van der Waals surface area contributed by atoms with Crippen LogP contribution in [0.25, 0.3) is 10.9 Å². The van der Waals surface area contributed by atoms with Crippen LogP contribution < -0.4 is 0 Å². The first-order valence-corrected chi connectivity index (χ1v) is 5.25. The smallest absolute Gasteiger partial charge is 0.162 e. The molecule has 0 aliphatic rings. The molecule has 1 heterocycles. The molecule has 0 saturated heterocycles. The molecule has 0 aliphatic heterocycles. The van der Waals surface area contributed by atoms with Crippen LogP contribution in [0.3, 0.4) is 0 Å². The van der Waals surface area contributed by atoms with Crippen LogP contribution in [0.1, 0.15) is 23.0 Å². The van der Waals surface area contributed by atoms with Crippen molar-refractivity contribution < 1.29 is 4.79 Å². The van der Waals surface area contributed by atoms with E-state index in [4.69, 9.17) is 23.2 Å². The van der Waals surface area contributed by atoms with Crippen molar-refractivity contribution in [3.05, 3.63) is 33.4 Å². The molecule has 0 aliphatic carbocycles. The third kappa shape index (κ3) is 1.54. The number of aryl methyl sites for hydroxylation is 1. The van der Waals surface area contributed by atoms with Crippen LogP contribution in [-0.2, 0) is 0 Å². The molecule has 15 heavy (non-hydrogen) atoms. The quantitative estimate of drug-likeness (QED) is 0.753. The fraction of sp³-hybridized carbons (Fsp3) is 0.182. The first-order chi connectivity index (χ1) is 7.02. The van der Waals surface area contributed by atoms with Crippen molar-refractivity contribution in [3.63, 3.8) is 0 Å². The lowest BCUT2D eigenvalue weighted by molar-refractivity contribution is 0.101. The van der Waals surface area contributed by atoms with E-state index in [1.165, 1.54) is 6.92 Å². The maximum Gasteiger partial charge on any atom is 0.162 e. The minimum atomic E-state index is 0.0251. The van der Waals surface area contributed by atoms with Crippen molar-refractivity contribution in [2.24, 2.45) is 0 Å². The van der Waals surface area contributed by atoms with E-state index in [-0.39, 0.29) is 5.78 Å². The summed E-state index contributed by atoms with van der Waals surface area (Å²) in [5, 5.41) is 1.78. The van der Waals surface area contributed by atoms with Crippen molar-refractivity contribution >= 4 is 39.9 Å². The number of carbonyl (C=O) groups is 1. The van der Waals surface area contributed by atoms with Gasteiger partial charge in [-0.3, -0.25) is 4.79 Å². The molecule has 1 N–H and O–H groups in total. The first kappa shape index (κ1) is 10.5. The predicted molar refractivity (Wildman–Crippen MR) is 63.1 cm³/mol. The van der Waals surface area contributed by atoms with E-state index in [0.717, 1.165) is 16.6 Å². The number of rotatable bonds is 1. The monoisotopic (exact) mass is 241 g/mol. The van der Waals surface area contributed by atoms with Gasteiger partial charge in [-0.05, 0) is 19.9 Å². The van der Waals surface area contributed by atoms with Gasteiger partial charge in [0.15, 0.2) is 5.78 Å². The highest BCUT2D eigenvalue weighted by Gasteiger charge is 2.15. The Bertz CT molecular complexity index is 557. The van der Waals surface area contributed by atoms with Gasteiger partial charge >= 0.3 is 0 Å². The van der Waals surface area contributed by atoms with Crippen molar-refractivity contribution in [2.75, 3.05) is 0 Å². The van der Waals surface area contributed by atoms with Gasteiger partial charge in [-0.2, -0.15) is 0 Å². The second-order valence-corrected chi connectivity index (χ2v) is 4.25. The van der Waals surface area contributed by atoms with E-state index < -0.39 is 0 Å². The summed E-state index contributed by atoms with van der Waals surface area (Å²) >= 11 is 11.9. The van der Waals surface area contributed by atoms with Crippen molar-refractivity contribution in [1.29, 1.82) is 0 Å². The molecule has 1 aromatic carbocycles. The first-order valence-electron chi connectivity index (χ1n) is 4.49. The van der Waals surface area contributed by atoms with Crippen LogP contribution >= 0.6 is 23.2 Å². The highest BCUT2D eigenvalue weighted by atomic mass is 35.5. The average Bonchev–Trinajstić information content (AvgIpc) is 2.49. The number of nitrogens with one attached hydrogen (secondary N) is 1. The number of Topliss-reactive ketones (excluding diaryl/α,β-unsaturated/α-hetero) is 1. The third-order valence-corrected chi connectivity index (χ3v) is 3.21. The zero-order valence-corrected chi connectivity index (χ0v) is 9.83. The van der Waals surface area contributed by atoms with Gasteiger partial charge in [0.05, 0.1) is 15.6 Å². The lowest BCUT2D eigenvalue weighted by Gasteiger charge is -1.97. The Morgan fingerprint density at radius 2 is 2.00 bits per heavy atom. The van der Waals surface area contributed by atoms with Gasteiger partial charge in [0.25, 0.3) is 0 Å². The van der Waals surface area contributed by atoms with Gasteiger partial charge in [0.2, 0.25) is 0 Å². The lowest BCUT2D eigenvalue weighted by atomic mass is 10.1. The fourth-order valence-corrected chi connectivity index (χ4v) is 2.16. The molecule has 0 saturated carbocycles. The van der Waals surface area contributed by atoms with Crippen LogP contribution in [0, 0.1) is 6.92 Å². The maximum atomic E-state index is 11.4. The van der Waals surface area contributed by atoms with Gasteiger partial charge in [-0.25, -0.2) is 0 Å². The number of hydrogen-bond acceptors (Lipinski definition) is 1. The number of ketones is 1. The molecule has 4 heteroatoms. The largest absolute Gasteiger partial charge is 0.357 e. The average molecular weight is 242 g/mol. The van der Waals surface area contributed by atoms with Gasteiger partial charge in [-0.15, -0.1) is 0 Å². The Morgan fingerprint density at radius 3 is 2.60 bits per heavy atom. The highest BCUT2D eigenvalue weighted by molar-refractivity contribution is 6.45. The van der Waals surface area contributed by atoms with Gasteiger partial charge in [-0.1, -0.05) is 29.3 Å². The summed E-state index contributed by atoms with van der Waals surface area (Å²) < 4.78 is 0. The highest BCUT2D eigenvalue weighted by Crippen LogP contribution is 2.33. The van der Waals surface area contributed by atoms with Crippen LogP contribution in [0.4, 0.5) is 0 Å². The van der Waals surface area contributed by atoms with E-state index in [9.17, 15) is 4.79 Å². The molecular formula is C11H9Cl2NO. The zero-order chi connectivity index (χ0) is 11.2. The maximum absolute atomic E-state index is 11.4. The normalized spacial score (nSPS) is 10.9. The molecule has 0 bridgehead atoms. The SMILES string of the molecule is CC(=O)c1c(C)[nH]c2c(Cl)c(Cl)ccc12. The molecule has 2 aromatic rings. The van der Waals surface area contributed by atoms with Gasteiger partial charge < -0.3 is 4.98 Å². The van der Waals surface area contributed by atoms with E-state index in [2.05, 4.69) is 4.98 Å². The van der Waals surface area contributed by atoms with Crippen LogP contribution in [0.15, 0.2) is 12.1 Å². The minimum Gasteiger partial charge on any atom is -0.357 e. The number of aromatic amines is 1. The Morgan fingerprint density at radius 1 is 1.33 bits per heavy atom.